The molecule has 2 aromatic rings. The fourth-order valence-corrected chi connectivity index (χ4v) is 3.47. The summed E-state index contributed by atoms with van der Waals surface area (Å²) in [4.78, 5) is 35.9. The van der Waals surface area contributed by atoms with E-state index in [4.69, 9.17) is 14.2 Å². The van der Waals surface area contributed by atoms with Crippen molar-refractivity contribution in [2.75, 3.05) is 19.8 Å². The maximum absolute atomic E-state index is 12.7. The van der Waals surface area contributed by atoms with Crippen molar-refractivity contribution in [3.63, 3.8) is 0 Å². The molecule has 2 aliphatic rings. The molecule has 30 heavy (non-hydrogen) atoms. The molecule has 2 aliphatic heterocycles. The highest BCUT2D eigenvalue weighted by atomic mass is 16.6. The van der Waals surface area contributed by atoms with E-state index >= 15 is 0 Å². The Bertz CT molecular complexity index is 1070. The van der Waals surface area contributed by atoms with Crippen LogP contribution in [0.4, 0.5) is 0 Å². The normalized spacial score (nSPS) is 15.0. The number of aromatic nitrogens is 1. The molecule has 9 nitrogen and oxygen atoms in total. The summed E-state index contributed by atoms with van der Waals surface area (Å²) in [6.45, 7) is 4.33. The molecule has 0 saturated carbocycles. The van der Waals surface area contributed by atoms with Crippen molar-refractivity contribution in [2.24, 2.45) is 0 Å². The van der Waals surface area contributed by atoms with Crippen LogP contribution in [0.1, 0.15) is 28.2 Å². The van der Waals surface area contributed by atoms with E-state index in [9.17, 15) is 14.4 Å². The van der Waals surface area contributed by atoms with Gasteiger partial charge in [-0.25, -0.2) is 4.79 Å². The zero-order valence-corrected chi connectivity index (χ0v) is 16.6. The van der Waals surface area contributed by atoms with Gasteiger partial charge in [0.25, 0.3) is 0 Å². The predicted octanol–water partition coefficient (Wildman–Crippen LogP) is 1.50. The Balaban J connectivity index is 1.50. The van der Waals surface area contributed by atoms with Gasteiger partial charge in [-0.2, -0.15) is 0 Å². The number of amides is 1. The first-order chi connectivity index (χ1) is 14.4. The van der Waals surface area contributed by atoms with Gasteiger partial charge in [0, 0.05) is 35.1 Å². The van der Waals surface area contributed by atoms with Crippen molar-refractivity contribution < 1.29 is 28.6 Å². The summed E-state index contributed by atoms with van der Waals surface area (Å²) in [7, 11) is 0. The number of aryl methyl sites for hydroxylation is 1. The molecule has 0 saturated heterocycles. The number of benzene rings is 1. The lowest BCUT2D eigenvalue weighted by Gasteiger charge is -2.20. The highest BCUT2D eigenvalue weighted by Crippen LogP contribution is 2.33. The van der Waals surface area contributed by atoms with Crippen molar-refractivity contribution >= 4 is 17.7 Å². The summed E-state index contributed by atoms with van der Waals surface area (Å²) in [5, 5.41) is 0. The molecular weight excluding hydrogens is 390 g/mol. The van der Waals surface area contributed by atoms with Gasteiger partial charge in [-0.1, -0.05) is 0 Å². The van der Waals surface area contributed by atoms with Crippen LogP contribution in [-0.4, -0.2) is 42.0 Å². The van der Waals surface area contributed by atoms with Crippen molar-refractivity contribution in [1.82, 2.24) is 15.4 Å². The second-order valence-corrected chi connectivity index (χ2v) is 6.94. The fourth-order valence-electron chi connectivity index (χ4n) is 3.47. The van der Waals surface area contributed by atoms with Gasteiger partial charge in [-0.3, -0.25) is 20.4 Å². The molecule has 1 amide bonds. The van der Waals surface area contributed by atoms with Gasteiger partial charge >= 0.3 is 5.97 Å². The maximum atomic E-state index is 12.7. The third-order valence-corrected chi connectivity index (χ3v) is 4.90. The molecule has 0 fully saturated rings. The lowest BCUT2D eigenvalue weighted by Crippen LogP contribution is -2.42. The highest BCUT2D eigenvalue weighted by Gasteiger charge is 2.22. The summed E-state index contributed by atoms with van der Waals surface area (Å²) in [6.07, 6.45) is 1.49. The standard InChI is InChI=1S/C21H21N3O6/c1-12-9-15(17(25)11-30-21(27)16-4-6-20(26)23-22-16)13(2)24(12)14-3-5-18-19(10-14)29-8-7-28-18/h3-5,9-10,22H,6-8,11H2,1-2H3,(H,23,26). The molecule has 1 aromatic heterocycles. The lowest BCUT2D eigenvalue weighted by molar-refractivity contribution is -0.138. The number of hydrogen-bond acceptors (Lipinski definition) is 7. The summed E-state index contributed by atoms with van der Waals surface area (Å²) in [5.74, 6) is 0.0739. The number of carbonyl (C=O) groups is 3. The van der Waals surface area contributed by atoms with Crippen molar-refractivity contribution in [3.8, 4) is 17.2 Å². The number of ether oxygens (including phenoxy) is 3. The van der Waals surface area contributed by atoms with Crippen molar-refractivity contribution in [1.29, 1.82) is 0 Å². The molecule has 0 bridgehead atoms. The Kier molecular flexibility index (Phi) is 5.18. The Morgan fingerprint density at radius 2 is 1.87 bits per heavy atom. The number of fused-ring (bicyclic) bond motifs is 1. The first-order valence-corrected chi connectivity index (χ1v) is 9.48. The summed E-state index contributed by atoms with van der Waals surface area (Å²) >= 11 is 0. The molecule has 0 radical (unpaired) electrons. The van der Waals surface area contributed by atoms with Crippen LogP contribution in [0.5, 0.6) is 11.5 Å². The quantitative estimate of drug-likeness (QED) is 0.567. The van der Waals surface area contributed by atoms with E-state index in [2.05, 4.69) is 10.9 Å². The van der Waals surface area contributed by atoms with E-state index in [-0.39, 0.29) is 23.8 Å². The second-order valence-electron chi connectivity index (χ2n) is 6.94. The number of hydrogen-bond donors (Lipinski definition) is 2. The van der Waals surface area contributed by atoms with Crippen LogP contribution in [0.2, 0.25) is 0 Å². The summed E-state index contributed by atoms with van der Waals surface area (Å²) < 4.78 is 18.2. The number of carbonyl (C=O) groups excluding carboxylic acids is 3. The average molecular weight is 411 g/mol. The van der Waals surface area contributed by atoms with Crippen LogP contribution in [0.3, 0.4) is 0 Å². The molecule has 4 rings (SSSR count). The average Bonchev–Trinajstić information content (AvgIpc) is 3.06. The molecule has 9 heteroatoms. The summed E-state index contributed by atoms with van der Waals surface area (Å²) in [6, 6.07) is 7.38. The van der Waals surface area contributed by atoms with Crippen molar-refractivity contribution in [2.45, 2.75) is 20.3 Å². The third-order valence-electron chi connectivity index (χ3n) is 4.90. The van der Waals surface area contributed by atoms with Crippen LogP contribution >= 0.6 is 0 Å². The van der Waals surface area contributed by atoms with E-state index in [1.54, 1.807) is 6.07 Å². The number of rotatable bonds is 5. The van der Waals surface area contributed by atoms with E-state index in [1.165, 1.54) is 6.08 Å². The van der Waals surface area contributed by atoms with E-state index < -0.39 is 12.6 Å². The van der Waals surface area contributed by atoms with Gasteiger partial charge in [0.1, 0.15) is 18.9 Å². The topological polar surface area (TPSA) is 108 Å². The molecule has 1 aromatic carbocycles. The Labute approximate surface area is 172 Å². The van der Waals surface area contributed by atoms with Crippen LogP contribution in [-0.2, 0) is 14.3 Å². The van der Waals surface area contributed by atoms with Gasteiger partial charge < -0.3 is 18.8 Å². The molecule has 156 valence electrons. The Hall–Kier alpha value is -3.75. The first-order valence-electron chi connectivity index (χ1n) is 9.48. The Morgan fingerprint density at radius 1 is 1.10 bits per heavy atom. The molecule has 3 heterocycles. The molecule has 0 unspecified atom stereocenters. The monoisotopic (exact) mass is 411 g/mol. The van der Waals surface area contributed by atoms with Gasteiger partial charge in [0.05, 0.1) is 0 Å². The smallest absolute Gasteiger partial charge is 0.356 e. The van der Waals surface area contributed by atoms with Gasteiger partial charge in [0.2, 0.25) is 11.7 Å². The zero-order chi connectivity index (χ0) is 21.3. The van der Waals surface area contributed by atoms with E-state index in [0.717, 1.165) is 17.1 Å². The Morgan fingerprint density at radius 3 is 2.60 bits per heavy atom. The lowest BCUT2D eigenvalue weighted by atomic mass is 10.1. The number of hydrazine groups is 1. The van der Waals surface area contributed by atoms with Crippen LogP contribution in [0.25, 0.3) is 5.69 Å². The number of esters is 1. The minimum Gasteiger partial charge on any atom is -0.486 e. The van der Waals surface area contributed by atoms with Gasteiger partial charge in [-0.15, -0.1) is 0 Å². The van der Waals surface area contributed by atoms with E-state index in [1.807, 2.05) is 36.6 Å². The summed E-state index contributed by atoms with van der Waals surface area (Å²) in [5.41, 5.74) is 7.78. The molecule has 0 spiro atoms. The molecular formula is C21H21N3O6. The van der Waals surface area contributed by atoms with Crippen molar-refractivity contribution in [3.05, 3.63) is 53.0 Å². The number of ketones is 1. The van der Waals surface area contributed by atoms with Crippen LogP contribution in [0, 0.1) is 13.8 Å². The van der Waals surface area contributed by atoms with Crippen LogP contribution < -0.4 is 20.3 Å². The van der Waals surface area contributed by atoms with E-state index in [0.29, 0.717) is 30.3 Å². The van der Waals surface area contributed by atoms with Crippen LogP contribution in [0.15, 0.2) is 36.0 Å². The minimum absolute atomic E-state index is 0.0715. The second kappa shape index (κ2) is 7.94. The maximum Gasteiger partial charge on any atom is 0.356 e. The number of Topliss-reactive ketones (excluding diaryl/α,β-unsaturated/α-hetero) is 1. The minimum atomic E-state index is -0.705. The molecule has 0 atom stereocenters. The SMILES string of the molecule is Cc1cc(C(=O)COC(=O)C2=CCC(=O)NN2)c(C)n1-c1ccc2c(c1)OCCO2. The molecule has 0 aliphatic carbocycles. The molecule has 2 N–H and O–H groups in total. The van der Waals surface area contributed by atoms with Gasteiger partial charge in [-0.05, 0) is 38.1 Å². The first kappa shape index (κ1) is 19.6. The largest absolute Gasteiger partial charge is 0.486 e. The van der Waals surface area contributed by atoms with Gasteiger partial charge in [0.15, 0.2) is 18.1 Å². The predicted molar refractivity (Wildman–Crippen MR) is 106 cm³/mol. The number of nitrogens with zero attached hydrogens (tertiary/aromatic N) is 1. The number of nitrogens with one attached hydrogen (secondary N) is 2. The fraction of sp³-hybridized carbons (Fsp3) is 0.286. The highest BCUT2D eigenvalue weighted by molar-refractivity contribution is 6.00. The third kappa shape index (κ3) is 3.73. The zero-order valence-electron chi connectivity index (χ0n) is 16.6.